The van der Waals surface area contributed by atoms with Gasteiger partial charge in [-0.3, -0.25) is 5.10 Å². The number of H-pyrrole nitrogens is 1. The molecule has 1 aliphatic heterocycles. The second kappa shape index (κ2) is 3.46. The summed E-state index contributed by atoms with van der Waals surface area (Å²) >= 11 is 0. The Kier molecular flexibility index (Phi) is 2.31. The highest BCUT2D eigenvalue weighted by Crippen LogP contribution is 2.26. The van der Waals surface area contributed by atoms with Crippen LogP contribution in [0.25, 0.3) is 0 Å². The Morgan fingerprint density at radius 1 is 1.54 bits per heavy atom. The van der Waals surface area contributed by atoms with Crippen LogP contribution in [0.2, 0.25) is 0 Å². The Hall–Kier alpha value is -0.900. The number of nitrogens with one attached hydrogen (secondary N) is 1. The van der Waals surface area contributed by atoms with Crippen LogP contribution in [0.15, 0.2) is 0 Å². The van der Waals surface area contributed by atoms with Gasteiger partial charge in [-0.1, -0.05) is 13.8 Å². The zero-order chi connectivity index (χ0) is 9.26. The lowest BCUT2D eigenvalue weighted by Gasteiger charge is -2.03. The van der Waals surface area contributed by atoms with Crippen molar-refractivity contribution in [2.75, 3.05) is 6.61 Å². The Labute approximate surface area is 77.7 Å². The molecule has 13 heavy (non-hydrogen) atoms. The second-order valence-corrected chi connectivity index (χ2v) is 3.74. The van der Waals surface area contributed by atoms with E-state index in [2.05, 4.69) is 29.0 Å². The van der Waals surface area contributed by atoms with E-state index in [4.69, 9.17) is 4.74 Å². The van der Waals surface area contributed by atoms with Crippen molar-refractivity contribution < 1.29 is 4.74 Å². The van der Waals surface area contributed by atoms with Crippen LogP contribution in [0.3, 0.4) is 0 Å². The standard InChI is InChI=1S/C9H15N3O/c1-6(2)8-10-9(12-11-8)7-4-3-5-13-7/h6-7H,3-5H2,1-2H3,(H,10,11,12). The Morgan fingerprint density at radius 3 is 2.92 bits per heavy atom. The van der Waals surface area contributed by atoms with Crippen LogP contribution in [0, 0.1) is 0 Å². The Bertz CT molecular complexity index is 276. The van der Waals surface area contributed by atoms with Gasteiger partial charge in [0.2, 0.25) is 0 Å². The average Bonchev–Trinajstić information content (AvgIpc) is 2.75. The maximum Gasteiger partial charge on any atom is 0.153 e. The fourth-order valence-electron chi connectivity index (χ4n) is 1.48. The van der Waals surface area contributed by atoms with E-state index in [1.165, 1.54) is 0 Å². The third-order valence-corrected chi connectivity index (χ3v) is 2.27. The predicted molar refractivity (Wildman–Crippen MR) is 48.4 cm³/mol. The maximum absolute atomic E-state index is 5.50. The molecule has 1 atom stereocenters. The van der Waals surface area contributed by atoms with Crippen molar-refractivity contribution >= 4 is 0 Å². The number of aromatic amines is 1. The quantitative estimate of drug-likeness (QED) is 0.756. The lowest BCUT2D eigenvalue weighted by atomic mass is 10.2. The number of hydrogen-bond acceptors (Lipinski definition) is 3. The van der Waals surface area contributed by atoms with Crippen molar-refractivity contribution in [1.82, 2.24) is 15.2 Å². The fraction of sp³-hybridized carbons (Fsp3) is 0.778. The molecule has 0 aromatic carbocycles. The van der Waals surface area contributed by atoms with Gasteiger partial charge >= 0.3 is 0 Å². The number of nitrogens with zero attached hydrogens (tertiary/aromatic N) is 2. The van der Waals surface area contributed by atoms with Gasteiger partial charge in [-0.15, -0.1) is 0 Å². The first kappa shape index (κ1) is 8.69. The summed E-state index contributed by atoms with van der Waals surface area (Å²) in [5, 5.41) is 7.09. The summed E-state index contributed by atoms with van der Waals surface area (Å²) in [6.07, 6.45) is 2.34. The molecule has 1 aromatic rings. The van der Waals surface area contributed by atoms with Gasteiger partial charge in [-0.05, 0) is 12.8 Å². The molecule has 1 fully saturated rings. The highest BCUT2D eigenvalue weighted by atomic mass is 16.5. The van der Waals surface area contributed by atoms with E-state index >= 15 is 0 Å². The van der Waals surface area contributed by atoms with Gasteiger partial charge in [0.1, 0.15) is 6.10 Å². The van der Waals surface area contributed by atoms with Crippen LogP contribution < -0.4 is 0 Å². The smallest absolute Gasteiger partial charge is 0.153 e. The molecule has 0 aliphatic carbocycles. The van der Waals surface area contributed by atoms with Crippen LogP contribution in [-0.4, -0.2) is 21.8 Å². The molecule has 2 heterocycles. The van der Waals surface area contributed by atoms with Crippen LogP contribution in [0.5, 0.6) is 0 Å². The van der Waals surface area contributed by atoms with E-state index in [9.17, 15) is 0 Å². The largest absolute Gasteiger partial charge is 0.370 e. The Balaban J connectivity index is 2.12. The Morgan fingerprint density at radius 2 is 2.38 bits per heavy atom. The van der Waals surface area contributed by atoms with Gasteiger partial charge < -0.3 is 4.74 Å². The zero-order valence-electron chi connectivity index (χ0n) is 8.08. The van der Waals surface area contributed by atoms with E-state index < -0.39 is 0 Å². The van der Waals surface area contributed by atoms with Crippen LogP contribution in [0.1, 0.15) is 50.4 Å². The molecular formula is C9H15N3O. The molecule has 2 rings (SSSR count). The van der Waals surface area contributed by atoms with Crippen molar-refractivity contribution in [3.05, 3.63) is 11.6 Å². The summed E-state index contributed by atoms with van der Waals surface area (Å²) in [7, 11) is 0. The molecule has 1 aromatic heterocycles. The highest BCUT2D eigenvalue weighted by Gasteiger charge is 2.21. The average molecular weight is 181 g/mol. The van der Waals surface area contributed by atoms with Crippen molar-refractivity contribution in [1.29, 1.82) is 0 Å². The summed E-state index contributed by atoms with van der Waals surface area (Å²) in [5.41, 5.74) is 0. The lowest BCUT2D eigenvalue weighted by Crippen LogP contribution is -1.98. The second-order valence-electron chi connectivity index (χ2n) is 3.74. The van der Waals surface area contributed by atoms with Gasteiger partial charge in [0.05, 0.1) is 0 Å². The molecule has 0 radical (unpaired) electrons. The first-order chi connectivity index (χ1) is 6.27. The number of aromatic nitrogens is 3. The van der Waals surface area contributed by atoms with E-state index in [0.29, 0.717) is 5.92 Å². The molecule has 4 nitrogen and oxygen atoms in total. The topological polar surface area (TPSA) is 50.8 Å². The normalized spacial score (nSPS) is 22.8. The predicted octanol–water partition coefficient (Wildman–Crippen LogP) is 1.78. The number of ether oxygens (including phenoxy) is 1. The molecule has 1 aliphatic rings. The summed E-state index contributed by atoms with van der Waals surface area (Å²) in [6, 6.07) is 0. The van der Waals surface area contributed by atoms with Crippen LogP contribution in [0.4, 0.5) is 0 Å². The molecule has 0 spiro atoms. The van der Waals surface area contributed by atoms with E-state index in [1.807, 2.05) is 0 Å². The van der Waals surface area contributed by atoms with E-state index in [-0.39, 0.29) is 6.10 Å². The molecule has 0 amide bonds. The molecular weight excluding hydrogens is 166 g/mol. The van der Waals surface area contributed by atoms with Crippen molar-refractivity contribution in [3.63, 3.8) is 0 Å². The molecule has 72 valence electrons. The third kappa shape index (κ3) is 1.72. The number of hydrogen-bond donors (Lipinski definition) is 1. The zero-order valence-corrected chi connectivity index (χ0v) is 8.08. The van der Waals surface area contributed by atoms with Gasteiger partial charge in [-0.25, -0.2) is 4.98 Å². The maximum atomic E-state index is 5.50. The molecule has 1 N–H and O–H groups in total. The third-order valence-electron chi connectivity index (χ3n) is 2.27. The van der Waals surface area contributed by atoms with E-state index in [0.717, 1.165) is 31.1 Å². The highest BCUT2D eigenvalue weighted by molar-refractivity contribution is 4.98. The molecule has 0 saturated carbocycles. The van der Waals surface area contributed by atoms with Gasteiger partial charge in [0.25, 0.3) is 0 Å². The molecule has 1 unspecified atom stereocenters. The fourth-order valence-corrected chi connectivity index (χ4v) is 1.48. The van der Waals surface area contributed by atoms with Crippen LogP contribution >= 0.6 is 0 Å². The molecule has 4 heteroatoms. The van der Waals surface area contributed by atoms with Crippen LogP contribution in [-0.2, 0) is 4.74 Å². The first-order valence-electron chi connectivity index (χ1n) is 4.81. The minimum absolute atomic E-state index is 0.153. The van der Waals surface area contributed by atoms with Crippen molar-refractivity contribution in [3.8, 4) is 0 Å². The summed E-state index contributed by atoms with van der Waals surface area (Å²) in [4.78, 5) is 4.40. The van der Waals surface area contributed by atoms with Gasteiger partial charge in [0.15, 0.2) is 11.6 Å². The van der Waals surface area contributed by atoms with Crippen molar-refractivity contribution in [2.24, 2.45) is 0 Å². The van der Waals surface area contributed by atoms with E-state index in [1.54, 1.807) is 0 Å². The lowest BCUT2D eigenvalue weighted by molar-refractivity contribution is 0.105. The summed E-state index contributed by atoms with van der Waals surface area (Å²) in [5.74, 6) is 2.15. The monoisotopic (exact) mass is 181 g/mol. The minimum Gasteiger partial charge on any atom is -0.370 e. The minimum atomic E-state index is 0.153. The van der Waals surface area contributed by atoms with Crippen molar-refractivity contribution in [2.45, 2.75) is 38.7 Å². The molecule has 1 saturated heterocycles. The first-order valence-corrected chi connectivity index (χ1v) is 4.81. The number of rotatable bonds is 2. The summed E-state index contributed by atoms with van der Waals surface area (Å²) < 4.78 is 5.50. The molecule has 0 bridgehead atoms. The van der Waals surface area contributed by atoms with Gasteiger partial charge in [0, 0.05) is 12.5 Å². The van der Waals surface area contributed by atoms with Gasteiger partial charge in [-0.2, -0.15) is 5.10 Å². The summed E-state index contributed by atoms with van der Waals surface area (Å²) in [6.45, 7) is 5.02. The SMILES string of the molecule is CC(C)c1n[nH]c(C2CCCO2)n1.